The van der Waals surface area contributed by atoms with E-state index in [0.29, 0.717) is 6.04 Å². The standard InChI is InChI=1S/C15H19N3S/c1-18(12-8-10-6-7-11(9-12)16-10)15-17-13-4-2-3-5-14(13)19-15/h2-5,10-12,16H,6-9H2,1H3. The third kappa shape index (κ3) is 2.03. The van der Waals surface area contributed by atoms with Gasteiger partial charge in [0.2, 0.25) is 0 Å². The van der Waals surface area contributed by atoms with Crippen molar-refractivity contribution in [3.63, 3.8) is 0 Å². The Morgan fingerprint density at radius 3 is 2.68 bits per heavy atom. The fraction of sp³-hybridized carbons (Fsp3) is 0.533. The fourth-order valence-electron chi connectivity index (χ4n) is 3.51. The molecule has 0 saturated carbocycles. The van der Waals surface area contributed by atoms with Crippen LogP contribution in [-0.4, -0.2) is 30.2 Å². The van der Waals surface area contributed by atoms with E-state index >= 15 is 0 Å². The summed E-state index contributed by atoms with van der Waals surface area (Å²) in [5.74, 6) is 0. The van der Waals surface area contributed by atoms with Crippen molar-refractivity contribution in [3.05, 3.63) is 24.3 Å². The Bertz CT molecular complexity index is 549. The Balaban J connectivity index is 1.60. The maximum Gasteiger partial charge on any atom is 0.186 e. The van der Waals surface area contributed by atoms with Crippen LogP contribution < -0.4 is 10.2 Å². The third-order valence-corrected chi connectivity index (χ3v) is 5.71. The zero-order valence-electron chi connectivity index (χ0n) is 11.2. The van der Waals surface area contributed by atoms with Crippen molar-refractivity contribution in [1.29, 1.82) is 0 Å². The molecular formula is C15H19N3S. The number of nitrogens with zero attached hydrogens (tertiary/aromatic N) is 2. The molecule has 1 aromatic heterocycles. The molecular weight excluding hydrogens is 254 g/mol. The molecule has 0 radical (unpaired) electrons. The molecule has 2 aliphatic heterocycles. The number of anilines is 1. The van der Waals surface area contributed by atoms with Gasteiger partial charge in [0.15, 0.2) is 5.13 Å². The summed E-state index contributed by atoms with van der Waals surface area (Å²) in [6.45, 7) is 0. The van der Waals surface area contributed by atoms with Gasteiger partial charge in [0.25, 0.3) is 0 Å². The van der Waals surface area contributed by atoms with E-state index in [0.717, 1.165) is 17.6 Å². The fourth-order valence-corrected chi connectivity index (χ4v) is 4.51. The maximum atomic E-state index is 4.78. The number of hydrogen-bond donors (Lipinski definition) is 1. The number of fused-ring (bicyclic) bond motifs is 3. The monoisotopic (exact) mass is 273 g/mol. The van der Waals surface area contributed by atoms with Gasteiger partial charge in [0, 0.05) is 25.2 Å². The minimum absolute atomic E-state index is 0.652. The summed E-state index contributed by atoms with van der Waals surface area (Å²) in [6, 6.07) is 10.6. The van der Waals surface area contributed by atoms with Crippen molar-refractivity contribution in [1.82, 2.24) is 10.3 Å². The van der Waals surface area contributed by atoms with Crippen LogP contribution in [0.5, 0.6) is 0 Å². The van der Waals surface area contributed by atoms with E-state index in [9.17, 15) is 0 Å². The van der Waals surface area contributed by atoms with Crippen molar-refractivity contribution in [2.75, 3.05) is 11.9 Å². The number of piperidine rings is 1. The van der Waals surface area contributed by atoms with Crippen LogP contribution in [0.2, 0.25) is 0 Å². The first-order valence-corrected chi connectivity index (χ1v) is 7.96. The van der Waals surface area contributed by atoms with Crippen LogP contribution in [0.15, 0.2) is 24.3 Å². The maximum absolute atomic E-state index is 4.78. The summed E-state index contributed by atoms with van der Waals surface area (Å²) >= 11 is 1.82. The number of benzene rings is 1. The molecule has 2 aliphatic rings. The van der Waals surface area contributed by atoms with E-state index < -0.39 is 0 Å². The zero-order chi connectivity index (χ0) is 12.8. The van der Waals surface area contributed by atoms with Crippen molar-refractivity contribution in [3.8, 4) is 0 Å². The van der Waals surface area contributed by atoms with Gasteiger partial charge in [-0.1, -0.05) is 23.5 Å². The van der Waals surface area contributed by atoms with Crippen LogP contribution in [-0.2, 0) is 0 Å². The van der Waals surface area contributed by atoms with Crippen molar-refractivity contribution < 1.29 is 0 Å². The Hall–Kier alpha value is -1.13. The predicted molar refractivity (Wildman–Crippen MR) is 81.0 cm³/mol. The average molecular weight is 273 g/mol. The minimum Gasteiger partial charge on any atom is -0.348 e. The molecule has 2 atom stereocenters. The average Bonchev–Trinajstić information content (AvgIpc) is 3.01. The molecule has 2 aromatic rings. The number of rotatable bonds is 2. The van der Waals surface area contributed by atoms with Gasteiger partial charge in [-0.3, -0.25) is 0 Å². The minimum atomic E-state index is 0.652. The van der Waals surface area contributed by atoms with Crippen molar-refractivity contribution >= 4 is 26.7 Å². The van der Waals surface area contributed by atoms with E-state index in [-0.39, 0.29) is 0 Å². The highest BCUT2D eigenvalue weighted by Crippen LogP contribution is 2.34. The first-order valence-electron chi connectivity index (χ1n) is 7.14. The molecule has 2 bridgehead atoms. The number of aromatic nitrogens is 1. The molecule has 1 N–H and O–H groups in total. The molecule has 2 fully saturated rings. The largest absolute Gasteiger partial charge is 0.348 e. The van der Waals surface area contributed by atoms with Gasteiger partial charge in [0.05, 0.1) is 10.2 Å². The number of para-hydroxylation sites is 1. The molecule has 0 aliphatic carbocycles. The summed E-state index contributed by atoms with van der Waals surface area (Å²) in [7, 11) is 2.22. The zero-order valence-corrected chi connectivity index (χ0v) is 12.0. The number of nitrogens with one attached hydrogen (secondary N) is 1. The number of thiazole rings is 1. The molecule has 4 rings (SSSR count). The van der Waals surface area contributed by atoms with Gasteiger partial charge < -0.3 is 10.2 Å². The highest BCUT2D eigenvalue weighted by atomic mass is 32.1. The SMILES string of the molecule is CN(c1nc2ccccc2s1)C1CC2CCC(C1)N2. The van der Waals surface area contributed by atoms with Crippen LogP contribution in [0, 0.1) is 0 Å². The molecule has 0 spiro atoms. The van der Waals surface area contributed by atoms with E-state index in [2.05, 4.69) is 41.5 Å². The van der Waals surface area contributed by atoms with Crippen LogP contribution in [0.25, 0.3) is 10.2 Å². The van der Waals surface area contributed by atoms with E-state index in [1.54, 1.807) is 0 Å². The smallest absolute Gasteiger partial charge is 0.186 e. The second-order valence-corrected chi connectivity index (χ2v) is 6.85. The Labute approximate surface area is 117 Å². The lowest BCUT2D eigenvalue weighted by molar-refractivity contribution is 0.354. The second kappa shape index (κ2) is 4.46. The summed E-state index contributed by atoms with van der Waals surface area (Å²) in [4.78, 5) is 7.20. The lowest BCUT2D eigenvalue weighted by Gasteiger charge is -2.35. The van der Waals surface area contributed by atoms with Crippen LogP contribution in [0.1, 0.15) is 25.7 Å². The van der Waals surface area contributed by atoms with Gasteiger partial charge in [-0.25, -0.2) is 4.98 Å². The topological polar surface area (TPSA) is 28.2 Å². The number of hydrogen-bond acceptors (Lipinski definition) is 4. The molecule has 0 amide bonds. The van der Waals surface area contributed by atoms with Crippen molar-refractivity contribution in [2.45, 2.75) is 43.8 Å². The van der Waals surface area contributed by atoms with Crippen molar-refractivity contribution in [2.24, 2.45) is 0 Å². The normalized spacial score (nSPS) is 29.8. The predicted octanol–water partition coefficient (Wildman–Crippen LogP) is 3.02. The summed E-state index contributed by atoms with van der Waals surface area (Å²) in [5.41, 5.74) is 1.13. The second-order valence-electron chi connectivity index (χ2n) is 5.84. The van der Waals surface area contributed by atoms with Crippen LogP contribution >= 0.6 is 11.3 Å². The molecule has 2 saturated heterocycles. The van der Waals surface area contributed by atoms with E-state index in [1.807, 2.05) is 11.3 Å². The van der Waals surface area contributed by atoms with Gasteiger partial charge in [-0.15, -0.1) is 0 Å². The lowest BCUT2D eigenvalue weighted by atomic mass is 9.99. The Morgan fingerprint density at radius 1 is 1.21 bits per heavy atom. The highest BCUT2D eigenvalue weighted by Gasteiger charge is 2.35. The summed E-state index contributed by atoms with van der Waals surface area (Å²) in [6.07, 6.45) is 5.25. The first-order chi connectivity index (χ1) is 9.29. The summed E-state index contributed by atoms with van der Waals surface area (Å²) < 4.78 is 1.29. The van der Waals surface area contributed by atoms with Crippen LogP contribution in [0.3, 0.4) is 0 Å². The summed E-state index contributed by atoms with van der Waals surface area (Å²) in [5, 5.41) is 4.88. The van der Waals surface area contributed by atoms with Gasteiger partial charge >= 0.3 is 0 Å². The molecule has 2 unspecified atom stereocenters. The lowest BCUT2D eigenvalue weighted by Crippen LogP contribution is -2.47. The molecule has 4 heteroatoms. The van der Waals surface area contributed by atoms with Gasteiger partial charge in [-0.2, -0.15) is 0 Å². The Kier molecular flexibility index (Phi) is 2.74. The Morgan fingerprint density at radius 2 is 1.95 bits per heavy atom. The highest BCUT2D eigenvalue weighted by molar-refractivity contribution is 7.22. The van der Waals surface area contributed by atoms with E-state index in [4.69, 9.17) is 4.98 Å². The van der Waals surface area contributed by atoms with Crippen LogP contribution in [0.4, 0.5) is 5.13 Å². The molecule has 1 aromatic carbocycles. The third-order valence-electron chi connectivity index (χ3n) is 4.58. The first kappa shape index (κ1) is 11.7. The van der Waals surface area contributed by atoms with Gasteiger partial charge in [-0.05, 0) is 37.8 Å². The van der Waals surface area contributed by atoms with Gasteiger partial charge in [0.1, 0.15) is 0 Å². The quantitative estimate of drug-likeness (QED) is 0.911. The molecule has 3 nitrogen and oxygen atoms in total. The van der Waals surface area contributed by atoms with E-state index in [1.165, 1.54) is 35.5 Å². The molecule has 3 heterocycles. The molecule has 100 valence electrons. The molecule has 19 heavy (non-hydrogen) atoms.